The molecule has 0 radical (unpaired) electrons. The number of imide groups is 2. The van der Waals surface area contributed by atoms with Crippen molar-refractivity contribution in [3.8, 4) is 5.75 Å². The third-order valence-electron chi connectivity index (χ3n) is 12.3. The van der Waals surface area contributed by atoms with Crippen LogP contribution in [0.4, 0.5) is 5.69 Å². The molecule has 2 aliphatic carbocycles. The van der Waals surface area contributed by atoms with Gasteiger partial charge in [-0.05, 0) is 86.8 Å². The molecule has 8 rings (SSSR count). The van der Waals surface area contributed by atoms with Gasteiger partial charge in [0.25, 0.3) is 0 Å². The van der Waals surface area contributed by atoms with Gasteiger partial charge >= 0.3 is 0 Å². The number of aryl methyl sites for hydroxylation is 2. The van der Waals surface area contributed by atoms with Crippen molar-refractivity contribution in [2.45, 2.75) is 65.0 Å². The van der Waals surface area contributed by atoms with Gasteiger partial charge in [-0.2, -0.15) is 0 Å². The number of anilines is 1. The number of piperidine rings is 1. The second kappa shape index (κ2) is 11.8. The Balaban J connectivity index is 1.14. The molecule has 8 nitrogen and oxygen atoms in total. The van der Waals surface area contributed by atoms with E-state index in [4.69, 9.17) is 0 Å². The molecular weight excluding hydrogens is 614 g/mol. The van der Waals surface area contributed by atoms with Gasteiger partial charge in [0.2, 0.25) is 23.6 Å². The summed E-state index contributed by atoms with van der Waals surface area (Å²) in [4.78, 5) is 63.0. The Labute approximate surface area is 287 Å². The molecule has 1 saturated carbocycles. The number of fused-ring (bicyclic) bond motifs is 4. The van der Waals surface area contributed by atoms with Crippen molar-refractivity contribution in [2.24, 2.45) is 29.1 Å². The molecule has 3 aromatic carbocycles. The van der Waals surface area contributed by atoms with Crippen molar-refractivity contribution < 1.29 is 24.3 Å². The lowest BCUT2D eigenvalue weighted by Gasteiger charge is -2.49. The van der Waals surface area contributed by atoms with E-state index in [9.17, 15) is 24.3 Å². The summed E-state index contributed by atoms with van der Waals surface area (Å²) in [5, 5.41) is 10.7. The van der Waals surface area contributed by atoms with Crippen molar-refractivity contribution in [1.29, 1.82) is 0 Å². The molecule has 0 aromatic heterocycles. The molecule has 4 fully saturated rings. The number of amides is 4. The van der Waals surface area contributed by atoms with Crippen molar-refractivity contribution in [2.75, 3.05) is 18.0 Å². The SMILES string of the molecule is Cc1cc([C@H]2C3=CC[C@@H]4C(=O)N(C5CCN(Cc6ccccc6)CC5)C(=O)[C@@H]4[C@@H]3C[C@H]3C(=O)N(c4ccccc4)C(=O)[C@@]23C)cc(C)c1O. The van der Waals surface area contributed by atoms with Crippen LogP contribution in [0, 0.1) is 42.9 Å². The van der Waals surface area contributed by atoms with E-state index in [1.54, 1.807) is 17.0 Å². The zero-order chi connectivity index (χ0) is 34.2. The summed E-state index contributed by atoms with van der Waals surface area (Å²) >= 11 is 0. The molecule has 0 spiro atoms. The minimum atomic E-state index is -1.10. The summed E-state index contributed by atoms with van der Waals surface area (Å²) in [5.41, 5.74) is 3.90. The Morgan fingerprint density at radius 1 is 0.816 bits per heavy atom. The van der Waals surface area contributed by atoms with Gasteiger partial charge in [-0.15, -0.1) is 0 Å². The number of para-hydroxylation sites is 1. The van der Waals surface area contributed by atoms with Crippen molar-refractivity contribution in [1.82, 2.24) is 9.80 Å². The van der Waals surface area contributed by atoms with E-state index in [2.05, 4.69) is 23.1 Å². The second-order valence-corrected chi connectivity index (χ2v) is 15.0. The van der Waals surface area contributed by atoms with E-state index in [1.165, 1.54) is 10.5 Å². The third kappa shape index (κ3) is 4.82. The van der Waals surface area contributed by atoms with Crippen LogP contribution in [0.15, 0.2) is 84.4 Å². The van der Waals surface area contributed by atoms with Crippen molar-refractivity contribution in [3.05, 3.63) is 107 Å². The summed E-state index contributed by atoms with van der Waals surface area (Å²) in [7, 11) is 0. The van der Waals surface area contributed by atoms with E-state index in [-0.39, 0.29) is 41.3 Å². The van der Waals surface area contributed by atoms with Gasteiger partial charge in [-0.1, -0.05) is 72.3 Å². The number of aromatic hydroxyl groups is 1. The second-order valence-electron chi connectivity index (χ2n) is 15.0. The first-order valence-corrected chi connectivity index (χ1v) is 17.7. The number of allylic oxidation sites excluding steroid dienone is 2. The minimum Gasteiger partial charge on any atom is -0.507 e. The Morgan fingerprint density at radius 3 is 2.10 bits per heavy atom. The molecule has 3 aliphatic heterocycles. The lowest BCUT2D eigenvalue weighted by molar-refractivity contribution is -0.144. The number of hydrogen-bond donors (Lipinski definition) is 1. The molecule has 49 heavy (non-hydrogen) atoms. The molecule has 3 heterocycles. The topological polar surface area (TPSA) is 98.2 Å². The van der Waals surface area contributed by atoms with Crippen LogP contribution in [-0.2, 0) is 25.7 Å². The lowest BCUT2D eigenvalue weighted by Crippen LogP contribution is -2.49. The van der Waals surface area contributed by atoms with Gasteiger partial charge in [0.05, 0.1) is 28.9 Å². The van der Waals surface area contributed by atoms with E-state index >= 15 is 0 Å². The highest BCUT2D eigenvalue weighted by Gasteiger charge is 2.67. The molecule has 3 saturated heterocycles. The number of hydrogen-bond acceptors (Lipinski definition) is 6. The van der Waals surface area contributed by atoms with E-state index in [1.807, 2.05) is 69.3 Å². The fourth-order valence-electron chi connectivity index (χ4n) is 9.94. The van der Waals surface area contributed by atoms with Crippen molar-refractivity contribution >= 4 is 29.3 Å². The number of phenolic OH excluding ortho intramolecular Hbond substituents is 1. The molecule has 8 heteroatoms. The van der Waals surface area contributed by atoms with Crippen LogP contribution in [-0.4, -0.2) is 57.7 Å². The Kier molecular flexibility index (Phi) is 7.63. The zero-order valence-electron chi connectivity index (χ0n) is 28.3. The first-order chi connectivity index (χ1) is 23.6. The highest BCUT2D eigenvalue weighted by Crippen LogP contribution is 2.64. The number of carbonyl (C=O) groups is 4. The summed E-state index contributed by atoms with van der Waals surface area (Å²) in [5.74, 6) is -3.03. The van der Waals surface area contributed by atoms with Crippen LogP contribution >= 0.6 is 0 Å². The molecule has 5 aliphatic rings. The summed E-state index contributed by atoms with van der Waals surface area (Å²) < 4.78 is 0. The number of rotatable bonds is 5. The summed E-state index contributed by atoms with van der Waals surface area (Å²) in [6, 6.07) is 23.1. The average Bonchev–Trinajstić information content (AvgIpc) is 3.47. The van der Waals surface area contributed by atoms with E-state index in [0.29, 0.717) is 29.7 Å². The minimum absolute atomic E-state index is 0.0900. The predicted octanol–water partition coefficient (Wildman–Crippen LogP) is 5.90. The van der Waals surface area contributed by atoms with Crippen LogP contribution in [0.3, 0.4) is 0 Å². The van der Waals surface area contributed by atoms with E-state index in [0.717, 1.165) is 43.6 Å². The highest BCUT2D eigenvalue weighted by molar-refractivity contribution is 6.24. The van der Waals surface area contributed by atoms with Crippen LogP contribution in [0.25, 0.3) is 0 Å². The number of carbonyl (C=O) groups excluding carboxylic acids is 4. The van der Waals surface area contributed by atoms with Gasteiger partial charge < -0.3 is 5.11 Å². The lowest BCUT2D eigenvalue weighted by atomic mass is 9.51. The molecule has 0 unspecified atom stereocenters. The molecule has 1 N–H and O–H groups in total. The molecule has 6 atom stereocenters. The molecular formula is C41H43N3O5. The van der Waals surface area contributed by atoms with Gasteiger partial charge in [0.1, 0.15) is 5.75 Å². The first-order valence-electron chi connectivity index (χ1n) is 17.7. The summed E-state index contributed by atoms with van der Waals surface area (Å²) in [6.45, 7) is 8.07. The fraction of sp³-hybridized carbons (Fsp3) is 0.415. The monoisotopic (exact) mass is 657 g/mol. The van der Waals surface area contributed by atoms with Gasteiger partial charge in [-0.25, -0.2) is 4.90 Å². The van der Waals surface area contributed by atoms with Gasteiger partial charge in [-0.3, -0.25) is 29.0 Å². The molecule has 3 aromatic rings. The van der Waals surface area contributed by atoms with E-state index < -0.39 is 29.1 Å². The van der Waals surface area contributed by atoms with Gasteiger partial charge in [0.15, 0.2) is 0 Å². The quantitative estimate of drug-likeness (QED) is 0.271. The largest absolute Gasteiger partial charge is 0.507 e. The average molecular weight is 658 g/mol. The zero-order valence-corrected chi connectivity index (χ0v) is 28.3. The fourth-order valence-corrected chi connectivity index (χ4v) is 9.94. The smallest absolute Gasteiger partial charge is 0.241 e. The third-order valence-corrected chi connectivity index (χ3v) is 12.3. The summed E-state index contributed by atoms with van der Waals surface area (Å²) in [6.07, 6.45) is 4.36. The molecule has 4 amide bonds. The van der Waals surface area contributed by atoms with Crippen LogP contribution < -0.4 is 4.90 Å². The Bertz CT molecular complexity index is 1860. The normalized spacial score (nSPS) is 30.3. The van der Waals surface area contributed by atoms with Crippen LogP contribution in [0.1, 0.15) is 60.8 Å². The Morgan fingerprint density at radius 2 is 1.45 bits per heavy atom. The maximum absolute atomic E-state index is 14.6. The van der Waals surface area contributed by atoms with Crippen LogP contribution in [0.2, 0.25) is 0 Å². The standard InChI is InChI=1S/C41H43N3O5/c1-24-20-27(21-25(2)36(24)45)35-30-14-15-31-34(32(30)22-33-38(47)44(40(49)41(33,35)3)28-12-8-5-9-13-28)39(48)43(37(31)46)29-16-18-42(19-17-29)23-26-10-6-4-7-11-26/h4-14,20-21,29,31-35,45H,15-19,22-23H2,1-3H3/t31-,32+,33-,34-,35-,41+/m0/s1. The maximum Gasteiger partial charge on any atom is 0.241 e. The number of benzene rings is 3. The highest BCUT2D eigenvalue weighted by atomic mass is 16.3. The number of nitrogens with zero attached hydrogens (tertiary/aromatic N) is 3. The molecule has 0 bridgehead atoms. The number of phenols is 1. The van der Waals surface area contributed by atoms with Gasteiger partial charge in [0, 0.05) is 31.6 Å². The van der Waals surface area contributed by atoms with Crippen molar-refractivity contribution in [3.63, 3.8) is 0 Å². The predicted molar refractivity (Wildman–Crippen MR) is 185 cm³/mol. The Hall–Kier alpha value is -4.56. The van der Waals surface area contributed by atoms with Crippen LogP contribution in [0.5, 0.6) is 5.75 Å². The molecule has 252 valence electrons. The maximum atomic E-state index is 14.6. The number of likely N-dealkylation sites (tertiary alicyclic amines) is 2. The first kappa shape index (κ1) is 31.7.